The summed E-state index contributed by atoms with van der Waals surface area (Å²) in [6, 6.07) is 7.26. The van der Waals surface area contributed by atoms with Crippen molar-refractivity contribution in [1.29, 1.82) is 0 Å². The highest BCUT2D eigenvalue weighted by molar-refractivity contribution is 8.01. The van der Waals surface area contributed by atoms with Crippen molar-refractivity contribution in [3.05, 3.63) is 24.3 Å². The van der Waals surface area contributed by atoms with E-state index in [1.54, 1.807) is 29.8 Å². The Bertz CT molecular complexity index is 809. The van der Waals surface area contributed by atoms with Gasteiger partial charge in [0, 0.05) is 30.0 Å². The van der Waals surface area contributed by atoms with Gasteiger partial charge in [-0.3, -0.25) is 9.59 Å². The lowest BCUT2D eigenvalue weighted by Gasteiger charge is -2.17. The smallest absolute Gasteiger partial charge is 0.231 e. The summed E-state index contributed by atoms with van der Waals surface area (Å²) in [5, 5.41) is 11.7. The van der Waals surface area contributed by atoms with Gasteiger partial charge in [0.1, 0.15) is 5.75 Å². The lowest BCUT2D eigenvalue weighted by Crippen LogP contribution is -2.28. The Hall–Kier alpha value is -2.13. The van der Waals surface area contributed by atoms with Gasteiger partial charge < -0.3 is 15.0 Å². The van der Waals surface area contributed by atoms with Crippen LogP contribution in [-0.2, 0) is 9.59 Å². The van der Waals surface area contributed by atoms with E-state index in [-0.39, 0.29) is 18.2 Å². The summed E-state index contributed by atoms with van der Waals surface area (Å²) in [5.41, 5.74) is 0.733. The summed E-state index contributed by atoms with van der Waals surface area (Å²) in [5.74, 6) is -0.0289. The number of hydrogen-bond donors (Lipinski definition) is 1. The molecule has 1 fully saturated rings. The highest BCUT2D eigenvalue weighted by atomic mass is 32.2. The second-order valence-electron chi connectivity index (χ2n) is 6.14. The number of rotatable bonds is 6. The number of anilines is 2. The van der Waals surface area contributed by atoms with Crippen LogP contribution in [0.1, 0.15) is 20.3 Å². The summed E-state index contributed by atoms with van der Waals surface area (Å²) in [4.78, 5) is 26.5. The van der Waals surface area contributed by atoms with E-state index in [9.17, 15) is 9.59 Å². The molecule has 26 heavy (non-hydrogen) atoms. The summed E-state index contributed by atoms with van der Waals surface area (Å²) >= 11 is 2.94. The minimum absolute atomic E-state index is 0.0771. The molecule has 2 aromatic rings. The van der Waals surface area contributed by atoms with Crippen molar-refractivity contribution in [2.75, 3.05) is 23.9 Å². The fourth-order valence-corrected chi connectivity index (χ4v) is 4.61. The molecular weight excluding hydrogens is 372 g/mol. The van der Waals surface area contributed by atoms with Crippen LogP contribution in [-0.4, -0.2) is 40.9 Å². The number of nitrogens with zero attached hydrogens (tertiary/aromatic N) is 3. The van der Waals surface area contributed by atoms with Gasteiger partial charge in [0.05, 0.1) is 13.0 Å². The Kier molecular flexibility index (Phi) is 5.77. The van der Waals surface area contributed by atoms with E-state index >= 15 is 0 Å². The average Bonchev–Trinajstić information content (AvgIpc) is 3.21. The number of amides is 2. The van der Waals surface area contributed by atoms with Crippen molar-refractivity contribution in [3.63, 3.8) is 0 Å². The number of methoxy groups -OCH3 is 1. The molecule has 0 bridgehead atoms. The van der Waals surface area contributed by atoms with Crippen LogP contribution < -0.4 is 15.0 Å². The molecule has 9 heteroatoms. The zero-order valence-corrected chi connectivity index (χ0v) is 16.4. The second kappa shape index (κ2) is 8.05. The third-order valence-electron chi connectivity index (χ3n) is 3.83. The fourth-order valence-electron chi connectivity index (χ4n) is 2.63. The molecule has 1 aromatic carbocycles. The van der Waals surface area contributed by atoms with Crippen molar-refractivity contribution in [2.24, 2.45) is 5.92 Å². The molecule has 1 aliphatic heterocycles. The largest absolute Gasteiger partial charge is 0.497 e. The first kappa shape index (κ1) is 18.7. The summed E-state index contributed by atoms with van der Waals surface area (Å²) in [6.45, 7) is 4.48. The molecule has 7 nitrogen and oxygen atoms in total. The number of aromatic nitrogens is 2. The lowest BCUT2D eigenvalue weighted by atomic mass is 10.1. The second-order valence-corrected chi connectivity index (χ2v) is 8.94. The SMILES string of the molecule is COc1cccc(N2C[C@@H](C(=O)Nc3nnc(SC(C)C)s3)CC2=O)c1. The molecule has 1 N–H and O–H groups in total. The summed E-state index contributed by atoms with van der Waals surface area (Å²) in [7, 11) is 1.58. The number of benzene rings is 1. The Balaban J connectivity index is 1.64. The maximum absolute atomic E-state index is 12.5. The third-order valence-corrected chi connectivity index (χ3v) is 5.76. The molecule has 3 rings (SSSR count). The molecule has 1 aliphatic rings. The van der Waals surface area contributed by atoms with Crippen molar-refractivity contribution >= 4 is 45.7 Å². The zero-order valence-electron chi connectivity index (χ0n) is 14.8. The van der Waals surface area contributed by atoms with Crippen LogP contribution in [0, 0.1) is 5.92 Å². The van der Waals surface area contributed by atoms with Crippen LogP contribution in [0.5, 0.6) is 5.75 Å². The first-order valence-corrected chi connectivity index (χ1v) is 9.91. The van der Waals surface area contributed by atoms with E-state index in [2.05, 4.69) is 29.4 Å². The predicted molar refractivity (Wildman–Crippen MR) is 103 cm³/mol. The highest BCUT2D eigenvalue weighted by Gasteiger charge is 2.35. The molecule has 1 saturated heterocycles. The Morgan fingerprint density at radius 1 is 1.42 bits per heavy atom. The highest BCUT2D eigenvalue weighted by Crippen LogP contribution is 2.31. The van der Waals surface area contributed by atoms with Gasteiger partial charge in [-0.2, -0.15) is 0 Å². The normalized spacial score (nSPS) is 17.0. The number of ether oxygens (including phenoxy) is 1. The number of hydrogen-bond acceptors (Lipinski definition) is 7. The number of carbonyl (C=O) groups is 2. The van der Waals surface area contributed by atoms with E-state index < -0.39 is 5.92 Å². The predicted octanol–water partition coefficient (Wildman–Crippen LogP) is 3.04. The van der Waals surface area contributed by atoms with E-state index in [0.29, 0.717) is 22.7 Å². The molecule has 0 spiro atoms. The van der Waals surface area contributed by atoms with Crippen LogP contribution >= 0.6 is 23.1 Å². The van der Waals surface area contributed by atoms with E-state index in [0.717, 1.165) is 10.0 Å². The quantitative estimate of drug-likeness (QED) is 0.601. The number of nitrogens with one attached hydrogen (secondary N) is 1. The monoisotopic (exact) mass is 392 g/mol. The van der Waals surface area contributed by atoms with Crippen LogP contribution in [0.4, 0.5) is 10.8 Å². The summed E-state index contributed by atoms with van der Waals surface area (Å²) in [6.07, 6.45) is 0.176. The zero-order chi connectivity index (χ0) is 18.7. The maximum Gasteiger partial charge on any atom is 0.231 e. The van der Waals surface area contributed by atoms with Crippen molar-refractivity contribution in [2.45, 2.75) is 29.9 Å². The molecule has 1 atom stereocenters. The van der Waals surface area contributed by atoms with Crippen LogP contribution in [0.15, 0.2) is 28.6 Å². The van der Waals surface area contributed by atoms with Crippen molar-refractivity contribution in [3.8, 4) is 5.75 Å². The van der Waals surface area contributed by atoms with Gasteiger partial charge in [-0.15, -0.1) is 10.2 Å². The Morgan fingerprint density at radius 3 is 2.96 bits per heavy atom. The van der Waals surface area contributed by atoms with Crippen LogP contribution in [0.3, 0.4) is 0 Å². The van der Waals surface area contributed by atoms with Gasteiger partial charge in [-0.25, -0.2) is 0 Å². The number of thioether (sulfide) groups is 1. The lowest BCUT2D eigenvalue weighted by molar-refractivity contribution is -0.122. The topological polar surface area (TPSA) is 84.4 Å². The Morgan fingerprint density at radius 2 is 2.23 bits per heavy atom. The molecular formula is C17H20N4O3S2. The van der Waals surface area contributed by atoms with E-state index in [4.69, 9.17) is 4.74 Å². The average molecular weight is 393 g/mol. The standard InChI is InChI=1S/C17H20N4O3S2/c1-10(2)25-17-20-19-16(26-17)18-15(23)11-7-14(22)21(9-11)12-5-4-6-13(8-12)24-3/h4-6,8,10-11H,7,9H2,1-3H3,(H,18,19,23)/t11-/m0/s1. The molecule has 138 valence electrons. The van der Waals surface area contributed by atoms with Gasteiger partial charge in [0.15, 0.2) is 4.34 Å². The molecule has 0 unspecified atom stereocenters. The minimum Gasteiger partial charge on any atom is -0.497 e. The fraction of sp³-hybridized carbons (Fsp3) is 0.412. The van der Waals surface area contributed by atoms with Crippen molar-refractivity contribution < 1.29 is 14.3 Å². The first-order valence-electron chi connectivity index (χ1n) is 8.21. The molecule has 2 amide bonds. The van der Waals surface area contributed by atoms with E-state index in [1.807, 2.05) is 18.2 Å². The van der Waals surface area contributed by atoms with Gasteiger partial charge in [0.2, 0.25) is 16.9 Å². The van der Waals surface area contributed by atoms with Gasteiger partial charge in [0.25, 0.3) is 0 Å². The molecule has 0 saturated carbocycles. The van der Waals surface area contributed by atoms with E-state index in [1.165, 1.54) is 11.3 Å². The summed E-state index contributed by atoms with van der Waals surface area (Å²) < 4.78 is 6.02. The van der Waals surface area contributed by atoms with Crippen LogP contribution in [0.25, 0.3) is 0 Å². The molecule has 0 aliphatic carbocycles. The maximum atomic E-state index is 12.5. The molecule has 0 radical (unpaired) electrons. The van der Waals surface area contributed by atoms with Crippen molar-refractivity contribution in [1.82, 2.24) is 10.2 Å². The Labute approximate surface area is 160 Å². The minimum atomic E-state index is -0.418. The van der Waals surface area contributed by atoms with Gasteiger partial charge >= 0.3 is 0 Å². The molecule has 1 aromatic heterocycles. The number of carbonyl (C=O) groups excluding carboxylic acids is 2. The van der Waals surface area contributed by atoms with Gasteiger partial charge in [-0.1, -0.05) is 43.0 Å². The molecule has 2 heterocycles. The van der Waals surface area contributed by atoms with Crippen LogP contribution in [0.2, 0.25) is 0 Å². The van der Waals surface area contributed by atoms with Gasteiger partial charge in [-0.05, 0) is 12.1 Å². The first-order chi connectivity index (χ1) is 12.5. The third kappa shape index (κ3) is 4.34.